The zero-order valence-electron chi connectivity index (χ0n) is 24.8. The van der Waals surface area contributed by atoms with Crippen molar-refractivity contribution in [1.29, 1.82) is 0 Å². The molecule has 10 aromatic rings. The summed E-state index contributed by atoms with van der Waals surface area (Å²) in [7, 11) is 0. The first-order chi connectivity index (χ1) is 22.8. The van der Waals surface area contributed by atoms with E-state index in [1.165, 1.54) is 43.4 Å². The zero-order chi connectivity index (χ0) is 30.2. The molecule has 3 aromatic heterocycles. The molecule has 214 valence electrons. The third-order valence-corrected chi connectivity index (χ3v) is 9.38. The molecular formula is C42H26N4. The van der Waals surface area contributed by atoms with Gasteiger partial charge in [-0.2, -0.15) is 0 Å². The highest BCUT2D eigenvalue weighted by Gasteiger charge is 2.23. The van der Waals surface area contributed by atoms with E-state index in [0.29, 0.717) is 0 Å². The second-order valence-electron chi connectivity index (χ2n) is 11.8. The molecule has 0 aliphatic heterocycles. The summed E-state index contributed by atoms with van der Waals surface area (Å²) in [6, 6.07) is 52.4. The van der Waals surface area contributed by atoms with Crippen LogP contribution >= 0.6 is 0 Å². The fourth-order valence-electron chi connectivity index (χ4n) is 7.47. The first-order valence-electron chi connectivity index (χ1n) is 15.6. The molecule has 7 aromatic carbocycles. The summed E-state index contributed by atoms with van der Waals surface area (Å²) in [5.41, 5.74) is 11.0. The minimum atomic E-state index is 0.872. The summed E-state index contributed by atoms with van der Waals surface area (Å²) < 4.78 is 4.87. The second-order valence-corrected chi connectivity index (χ2v) is 11.8. The van der Waals surface area contributed by atoms with Crippen LogP contribution in [0.1, 0.15) is 0 Å². The van der Waals surface area contributed by atoms with E-state index in [1.54, 1.807) is 12.4 Å². The number of nitrogens with zero attached hydrogens (tertiary/aromatic N) is 4. The molecule has 0 radical (unpaired) electrons. The van der Waals surface area contributed by atoms with Gasteiger partial charge in [-0.1, -0.05) is 103 Å². The van der Waals surface area contributed by atoms with Crippen LogP contribution in [0.4, 0.5) is 0 Å². The average molecular weight is 587 g/mol. The lowest BCUT2D eigenvalue weighted by molar-refractivity contribution is 1.17. The molecule has 0 fully saturated rings. The Kier molecular flexibility index (Phi) is 5.25. The van der Waals surface area contributed by atoms with Gasteiger partial charge >= 0.3 is 0 Å². The SMILES string of the molecule is c1ccc(-c2cc3nccnc3cc2-n2c3ccccc3c3c4c5ccc6ccccc6c5n(-c5ccccc5)c4ccc32)cc1. The van der Waals surface area contributed by atoms with Gasteiger partial charge in [0.25, 0.3) is 0 Å². The molecule has 0 spiro atoms. The van der Waals surface area contributed by atoms with Crippen LogP contribution < -0.4 is 0 Å². The van der Waals surface area contributed by atoms with E-state index in [9.17, 15) is 0 Å². The maximum absolute atomic E-state index is 4.72. The van der Waals surface area contributed by atoms with Crippen molar-refractivity contribution in [2.75, 3.05) is 0 Å². The number of hydrogen-bond donors (Lipinski definition) is 0. The molecule has 0 aliphatic rings. The van der Waals surface area contributed by atoms with Crippen molar-refractivity contribution >= 4 is 65.4 Å². The minimum absolute atomic E-state index is 0.872. The van der Waals surface area contributed by atoms with E-state index in [-0.39, 0.29) is 0 Å². The lowest BCUT2D eigenvalue weighted by Gasteiger charge is -2.15. The fraction of sp³-hybridized carbons (Fsp3) is 0. The third kappa shape index (κ3) is 3.49. The lowest BCUT2D eigenvalue weighted by atomic mass is 10.0. The molecule has 4 nitrogen and oxygen atoms in total. The molecule has 0 aliphatic carbocycles. The van der Waals surface area contributed by atoms with Gasteiger partial charge in [0.1, 0.15) is 0 Å². The van der Waals surface area contributed by atoms with Gasteiger partial charge in [0.05, 0.1) is 38.8 Å². The van der Waals surface area contributed by atoms with Gasteiger partial charge in [0.2, 0.25) is 0 Å². The third-order valence-electron chi connectivity index (χ3n) is 9.38. The van der Waals surface area contributed by atoms with Gasteiger partial charge in [0, 0.05) is 50.6 Å². The predicted molar refractivity (Wildman–Crippen MR) is 191 cm³/mol. The largest absolute Gasteiger partial charge is 0.309 e. The molecule has 0 saturated carbocycles. The molecule has 0 saturated heterocycles. The van der Waals surface area contributed by atoms with Crippen LogP contribution in [-0.4, -0.2) is 19.1 Å². The van der Waals surface area contributed by atoms with Crippen molar-refractivity contribution in [1.82, 2.24) is 19.1 Å². The standard InChI is InChI=1S/C42H26N4/c1-3-11-27(12-4-1)33-25-34-35(44-24-23-43-34)26-39(33)46-36-18-10-9-17-31(36)40-38(46)22-21-37-41(40)32-20-19-28-13-7-8-16-30(28)42(32)45(37)29-14-5-2-6-15-29/h1-26H. The molecule has 46 heavy (non-hydrogen) atoms. The Balaban J connectivity index is 1.42. The Bertz CT molecular complexity index is 2790. The molecule has 4 heteroatoms. The summed E-state index contributed by atoms with van der Waals surface area (Å²) in [5, 5.41) is 7.47. The number of aromatic nitrogens is 4. The maximum Gasteiger partial charge on any atom is 0.0908 e. The fourth-order valence-corrected chi connectivity index (χ4v) is 7.47. The van der Waals surface area contributed by atoms with Crippen LogP contribution in [0.2, 0.25) is 0 Å². The van der Waals surface area contributed by atoms with Crippen molar-refractivity contribution in [2.45, 2.75) is 0 Å². The van der Waals surface area contributed by atoms with E-state index in [2.05, 4.69) is 160 Å². The highest BCUT2D eigenvalue weighted by molar-refractivity contribution is 6.31. The normalized spacial score (nSPS) is 11.9. The van der Waals surface area contributed by atoms with Crippen LogP contribution in [0.15, 0.2) is 158 Å². The summed E-state index contributed by atoms with van der Waals surface area (Å²) in [5.74, 6) is 0. The molecule has 10 rings (SSSR count). The number of fused-ring (bicyclic) bond motifs is 10. The Morgan fingerprint density at radius 3 is 1.87 bits per heavy atom. The number of rotatable bonds is 3. The summed E-state index contributed by atoms with van der Waals surface area (Å²) >= 11 is 0. The minimum Gasteiger partial charge on any atom is -0.309 e. The molecule has 0 bridgehead atoms. The van der Waals surface area contributed by atoms with Crippen LogP contribution in [0.25, 0.3) is 87.9 Å². The Morgan fingerprint density at radius 2 is 1.07 bits per heavy atom. The van der Waals surface area contributed by atoms with E-state index in [0.717, 1.165) is 44.6 Å². The number of benzene rings is 7. The Morgan fingerprint density at radius 1 is 0.435 bits per heavy atom. The molecular weight excluding hydrogens is 560 g/mol. The van der Waals surface area contributed by atoms with Crippen LogP contribution in [0.5, 0.6) is 0 Å². The Hall–Kier alpha value is -6.26. The van der Waals surface area contributed by atoms with E-state index in [1.807, 2.05) is 0 Å². The van der Waals surface area contributed by atoms with Crippen LogP contribution in [0.3, 0.4) is 0 Å². The highest BCUT2D eigenvalue weighted by atomic mass is 15.0. The lowest BCUT2D eigenvalue weighted by Crippen LogP contribution is -1.99. The molecule has 3 heterocycles. The smallest absolute Gasteiger partial charge is 0.0908 e. The van der Waals surface area contributed by atoms with Crippen molar-refractivity contribution < 1.29 is 0 Å². The van der Waals surface area contributed by atoms with Gasteiger partial charge in [-0.05, 0) is 53.4 Å². The van der Waals surface area contributed by atoms with Crippen LogP contribution in [0, 0.1) is 0 Å². The molecule has 0 unspecified atom stereocenters. The van der Waals surface area contributed by atoms with Crippen LogP contribution in [-0.2, 0) is 0 Å². The predicted octanol–water partition coefficient (Wildman–Crippen LogP) is 10.6. The maximum atomic E-state index is 4.72. The topological polar surface area (TPSA) is 35.6 Å². The highest BCUT2D eigenvalue weighted by Crippen LogP contribution is 2.45. The monoisotopic (exact) mass is 586 g/mol. The van der Waals surface area contributed by atoms with Crippen molar-refractivity contribution in [3.05, 3.63) is 158 Å². The van der Waals surface area contributed by atoms with E-state index >= 15 is 0 Å². The number of hydrogen-bond acceptors (Lipinski definition) is 2. The zero-order valence-corrected chi connectivity index (χ0v) is 24.8. The quantitative estimate of drug-likeness (QED) is 0.206. The first-order valence-corrected chi connectivity index (χ1v) is 15.6. The number of para-hydroxylation sites is 2. The second kappa shape index (κ2) is 9.62. The average Bonchev–Trinajstić information content (AvgIpc) is 3.65. The van der Waals surface area contributed by atoms with Gasteiger partial charge in [0.15, 0.2) is 0 Å². The van der Waals surface area contributed by atoms with Gasteiger partial charge in [-0.25, -0.2) is 0 Å². The van der Waals surface area contributed by atoms with Crippen molar-refractivity contribution in [2.24, 2.45) is 0 Å². The Labute approximate surface area is 264 Å². The first kappa shape index (κ1) is 25.1. The van der Waals surface area contributed by atoms with E-state index < -0.39 is 0 Å². The van der Waals surface area contributed by atoms with Crippen molar-refractivity contribution in [3.8, 4) is 22.5 Å². The van der Waals surface area contributed by atoms with E-state index in [4.69, 9.17) is 4.98 Å². The summed E-state index contributed by atoms with van der Waals surface area (Å²) in [6.07, 6.45) is 3.53. The summed E-state index contributed by atoms with van der Waals surface area (Å²) in [4.78, 5) is 9.40. The molecule has 0 amide bonds. The van der Waals surface area contributed by atoms with Gasteiger partial charge in [-0.15, -0.1) is 0 Å². The van der Waals surface area contributed by atoms with Gasteiger partial charge in [-0.3, -0.25) is 9.97 Å². The molecule has 0 atom stereocenters. The van der Waals surface area contributed by atoms with Gasteiger partial charge < -0.3 is 9.13 Å². The molecule has 0 N–H and O–H groups in total. The van der Waals surface area contributed by atoms with Crippen molar-refractivity contribution in [3.63, 3.8) is 0 Å². The summed E-state index contributed by atoms with van der Waals surface area (Å²) in [6.45, 7) is 0.